The Kier molecular flexibility index (Phi) is 5.67. The van der Waals surface area contributed by atoms with Gasteiger partial charge in [-0.2, -0.15) is 0 Å². The Balaban J connectivity index is 1.92. The number of nitrogens with zero attached hydrogens (tertiary/aromatic N) is 1. The molecule has 1 aliphatic rings. The van der Waals surface area contributed by atoms with E-state index in [1.54, 1.807) is 44.2 Å². The minimum Gasteiger partial charge on any atom is -0.497 e. The van der Waals surface area contributed by atoms with Gasteiger partial charge in [0.1, 0.15) is 16.9 Å². The Morgan fingerprint density at radius 3 is 2.60 bits per heavy atom. The predicted octanol–water partition coefficient (Wildman–Crippen LogP) is 4.90. The number of carbonyl (C=O) groups is 1. The Bertz CT molecular complexity index is 800. The molecule has 2 aromatic rings. The van der Waals surface area contributed by atoms with Crippen LogP contribution in [0, 0.1) is 0 Å². The number of hydrogen-bond acceptors (Lipinski definition) is 4. The van der Waals surface area contributed by atoms with Crippen molar-refractivity contribution in [2.45, 2.75) is 5.37 Å². The summed E-state index contributed by atoms with van der Waals surface area (Å²) in [6, 6.07) is 10.6. The van der Waals surface area contributed by atoms with Gasteiger partial charge in [0.15, 0.2) is 0 Å². The van der Waals surface area contributed by atoms with Gasteiger partial charge < -0.3 is 14.4 Å². The van der Waals surface area contributed by atoms with Crippen molar-refractivity contribution in [2.75, 3.05) is 26.5 Å². The van der Waals surface area contributed by atoms with Gasteiger partial charge in [-0.05, 0) is 30.3 Å². The van der Waals surface area contributed by atoms with Crippen molar-refractivity contribution in [3.05, 3.63) is 57.6 Å². The van der Waals surface area contributed by atoms with E-state index in [4.69, 9.17) is 32.7 Å². The molecule has 1 fully saturated rings. The molecule has 1 heterocycles. The zero-order valence-corrected chi connectivity index (χ0v) is 16.1. The van der Waals surface area contributed by atoms with Crippen molar-refractivity contribution in [3.8, 4) is 11.5 Å². The van der Waals surface area contributed by atoms with Crippen LogP contribution >= 0.6 is 35.0 Å². The number of halogens is 2. The van der Waals surface area contributed by atoms with Crippen LogP contribution in [0.1, 0.15) is 21.3 Å². The number of hydrogen-bond donors (Lipinski definition) is 0. The first-order valence-corrected chi connectivity index (χ1v) is 9.45. The van der Waals surface area contributed by atoms with Crippen molar-refractivity contribution >= 4 is 40.9 Å². The fourth-order valence-electron chi connectivity index (χ4n) is 2.75. The summed E-state index contributed by atoms with van der Waals surface area (Å²) in [5.41, 5.74) is 1.47. The number of ether oxygens (including phenoxy) is 2. The minimum atomic E-state index is -0.122. The molecule has 0 spiro atoms. The van der Waals surface area contributed by atoms with E-state index >= 15 is 0 Å². The highest BCUT2D eigenvalue weighted by Crippen LogP contribution is 2.43. The van der Waals surface area contributed by atoms with Crippen LogP contribution in [0.4, 0.5) is 0 Å². The molecule has 7 heteroatoms. The number of methoxy groups -OCH3 is 2. The molecule has 0 bridgehead atoms. The topological polar surface area (TPSA) is 38.8 Å². The van der Waals surface area contributed by atoms with Crippen LogP contribution in [0.3, 0.4) is 0 Å². The SMILES string of the molecule is COc1ccc([C@H]2SCCN2C(=O)c2ccc(Cl)c(Cl)c2)c(OC)c1. The smallest absolute Gasteiger partial charge is 0.255 e. The van der Waals surface area contributed by atoms with Crippen molar-refractivity contribution in [3.63, 3.8) is 0 Å². The van der Waals surface area contributed by atoms with E-state index in [9.17, 15) is 4.79 Å². The van der Waals surface area contributed by atoms with Gasteiger partial charge >= 0.3 is 0 Å². The van der Waals surface area contributed by atoms with E-state index in [0.29, 0.717) is 33.7 Å². The van der Waals surface area contributed by atoms with Crippen molar-refractivity contribution in [1.29, 1.82) is 0 Å². The van der Waals surface area contributed by atoms with Gasteiger partial charge in [0.2, 0.25) is 0 Å². The molecule has 2 aromatic carbocycles. The monoisotopic (exact) mass is 397 g/mol. The number of amides is 1. The highest BCUT2D eigenvalue weighted by molar-refractivity contribution is 7.99. The van der Waals surface area contributed by atoms with Gasteiger partial charge in [0, 0.05) is 29.5 Å². The molecule has 0 aliphatic carbocycles. The standard InChI is InChI=1S/C18H17Cl2NO3S/c1-23-12-4-5-13(16(10-12)24-2)18-21(7-8-25-18)17(22)11-3-6-14(19)15(20)9-11/h3-6,9-10,18H,7-8H2,1-2H3/t18-/m1/s1. The van der Waals surface area contributed by atoms with E-state index in [1.165, 1.54) is 0 Å². The third kappa shape index (κ3) is 3.68. The lowest BCUT2D eigenvalue weighted by Gasteiger charge is -2.26. The molecule has 0 aromatic heterocycles. The molecule has 132 valence electrons. The van der Waals surface area contributed by atoms with Gasteiger partial charge in [0.05, 0.1) is 24.3 Å². The second-order valence-electron chi connectivity index (χ2n) is 5.46. The number of carbonyl (C=O) groups excluding carboxylic acids is 1. The van der Waals surface area contributed by atoms with E-state index in [1.807, 2.05) is 23.1 Å². The van der Waals surface area contributed by atoms with Crippen molar-refractivity contribution < 1.29 is 14.3 Å². The first kappa shape index (κ1) is 18.2. The number of benzene rings is 2. The Labute approximate surface area is 161 Å². The van der Waals surface area contributed by atoms with Gasteiger partial charge in [-0.3, -0.25) is 4.79 Å². The summed E-state index contributed by atoms with van der Waals surface area (Å²) in [4.78, 5) is 14.8. The maximum absolute atomic E-state index is 13.0. The van der Waals surface area contributed by atoms with E-state index < -0.39 is 0 Å². The molecule has 3 rings (SSSR count). The Morgan fingerprint density at radius 1 is 1.12 bits per heavy atom. The maximum atomic E-state index is 13.0. The van der Waals surface area contributed by atoms with Crippen molar-refractivity contribution in [1.82, 2.24) is 4.90 Å². The second kappa shape index (κ2) is 7.77. The van der Waals surface area contributed by atoms with Crippen LogP contribution in [-0.2, 0) is 0 Å². The van der Waals surface area contributed by atoms with Crippen molar-refractivity contribution in [2.24, 2.45) is 0 Å². The fraction of sp³-hybridized carbons (Fsp3) is 0.278. The molecular formula is C18H17Cl2NO3S. The van der Waals surface area contributed by atoms with Crippen LogP contribution in [0.5, 0.6) is 11.5 Å². The molecule has 25 heavy (non-hydrogen) atoms. The molecule has 1 saturated heterocycles. The van der Waals surface area contributed by atoms with E-state index in [2.05, 4.69) is 0 Å². The van der Waals surface area contributed by atoms with Crippen LogP contribution in [-0.4, -0.2) is 37.3 Å². The quantitative estimate of drug-likeness (QED) is 0.735. The first-order valence-electron chi connectivity index (χ1n) is 7.64. The third-order valence-electron chi connectivity index (χ3n) is 4.03. The average Bonchev–Trinajstić information content (AvgIpc) is 3.12. The molecule has 1 atom stereocenters. The third-order valence-corrected chi connectivity index (χ3v) is 6.01. The lowest BCUT2D eigenvalue weighted by atomic mass is 10.1. The first-order chi connectivity index (χ1) is 12.0. The molecule has 4 nitrogen and oxygen atoms in total. The molecule has 0 unspecified atom stereocenters. The summed E-state index contributed by atoms with van der Waals surface area (Å²) in [5, 5.41) is 0.683. The zero-order valence-electron chi connectivity index (χ0n) is 13.8. The molecule has 0 N–H and O–H groups in total. The molecule has 0 radical (unpaired) electrons. The molecular weight excluding hydrogens is 381 g/mol. The summed E-state index contributed by atoms with van der Waals surface area (Å²) in [6.07, 6.45) is 0. The normalized spacial score (nSPS) is 16.8. The van der Waals surface area contributed by atoms with Crippen LogP contribution in [0.2, 0.25) is 10.0 Å². The molecule has 1 aliphatic heterocycles. The maximum Gasteiger partial charge on any atom is 0.255 e. The van der Waals surface area contributed by atoms with Gasteiger partial charge in [0.25, 0.3) is 5.91 Å². The predicted molar refractivity (Wildman–Crippen MR) is 102 cm³/mol. The summed E-state index contributed by atoms with van der Waals surface area (Å²) >= 11 is 13.7. The summed E-state index contributed by atoms with van der Waals surface area (Å²) < 4.78 is 10.7. The van der Waals surface area contributed by atoms with E-state index in [-0.39, 0.29) is 11.3 Å². The summed E-state index contributed by atoms with van der Waals surface area (Å²) in [5.74, 6) is 2.19. The molecule has 1 amide bonds. The molecule has 0 saturated carbocycles. The lowest BCUT2D eigenvalue weighted by Crippen LogP contribution is -2.30. The number of thioether (sulfide) groups is 1. The van der Waals surface area contributed by atoms with Crippen LogP contribution < -0.4 is 9.47 Å². The Morgan fingerprint density at radius 2 is 1.92 bits per heavy atom. The van der Waals surface area contributed by atoms with Gasteiger partial charge in [-0.15, -0.1) is 11.8 Å². The average molecular weight is 398 g/mol. The number of rotatable bonds is 4. The highest BCUT2D eigenvalue weighted by atomic mass is 35.5. The van der Waals surface area contributed by atoms with Crippen LogP contribution in [0.25, 0.3) is 0 Å². The lowest BCUT2D eigenvalue weighted by molar-refractivity contribution is 0.0759. The highest BCUT2D eigenvalue weighted by Gasteiger charge is 2.33. The summed E-state index contributed by atoms with van der Waals surface area (Å²) in [6.45, 7) is 0.656. The largest absolute Gasteiger partial charge is 0.497 e. The fourth-order valence-corrected chi connectivity index (χ4v) is 4.33. The summed E-state index contributed by atoms with van der Waals surface area (Å²) in [7, 11) is 3.22. The minimum absolute atomic E-state index is 0.0774. The van der Waals surface area contributed by atoms with Gasteiger partial charge in [-0.1, -0.05) is 23.2 Å². The van der Waals surface area contributed by atoms with E-state index in [0.717, 1.165) is 11.3 Å². The zero-order chi connectivity index (χ0) is 18.0. The van der Waals surface area contributed by atoms with Crippen LogP contribution in [0.15, 0.2) is 36.4 Å². The Hall–Kier alpha value is -1.56. The second-order valence-corrected chi connectivity index (χ2v) is 7.46. The van der Waals surface area contributed by atoms with Gasteiger partial charge in [-0.25, -0.2) is 0 Å².